The monoisotopic (exact) mass is 275 g/mol. The number of ether oxygens (including phenoxy) is 1. The lowest BCUT2D eigenvalue weighted by molar-refractivity contribution is -0.148. The van der Waals surface area contributed by atoms with E-state index in [4.69, 9.17) is 4.74 Å². The molecule has 0 aliphatic heterocycles. The van der Waals surface area contributed by atoms with Crippen LogP contribution >= 0.6 is 0 Å². The van der Waals surface area contributed by atoms with E-state index in [9.17, 15) is 9.59 Å². The van der Waals surface area contributed by atoms with Crippen LogP contribution in [0, 0.1) is 5.92 Å². The second-order valence-corrected chi connectivity index (χ2v) is 4.73. The maximum absolute atomic E-state index is 11.8. The number of carbonyl (C=O) groups excluding carboxylic acids is 2. The number of carbonyl (C=O) groups is 2. The molecule has 0 fully saturated rings. The Balaban J connectivity index is 2.63. The summed E-state index contributed by atoms with van der Waals surface area (Å²) in [5.74, 6) is -0.729. The first-order chi connectivity index (χ1) is 9.54. The number of benzene rings is 1. The van der Waals surface area contributed by atoms with Gasteiger partial charge in [0.25, 0.3) is 0 Å². The summed E-state index contributed by atoms with van der Waals surface area (Å²) < 4.78 is 4.95. The maximum Gasteiger partial charge on any atom is 0.328 e. The summed E-state index contributed by atoms with van der Waals surface area (Å²) in [4.78, 5) is 23.6. The van der Waals surface area contributed by atoms with Crippen molar-refractivity contribution >= 4 is 18.0 Å². The van der Waals surface area contributed by atoms with E-state index in [0.717, 1.165) is 5.56 Å². The van der Waals surface area contributed by atoms with Crippen LogP contribution in [0.4, 0.5) is 0 Å². The Morgan fingerprint density at radius 2 is 1.90 bits per heavy atom. The van der Waals surface area contributed by atoms with Gasteiger partial charge in [-0.05, 0) is 24.5 Å². The van der Waals surface area contributed by atoms with E-state index in [1.54, 1.807) is 13.0 Å². The zero-order chi connectivity index (χ0) is 15.0. The van der Waals surface area contributed by atoms with Gasteiger partial charge in [-0.2, -0.15) is 0 Å². The van der Waals surface area contributed by atoms with Crippen LogP contribution in [-0.4, -0.2) is 24.5 Å². The van der Waals surface area contributed by atoms with Gasteiger partial charge < -0.3 is 10.1 Å². The summed E-state index contributed by atoms with van der Waals surface area (Å²) in [6.07, 6.45) is 3.13. The summed E-state index contributed by atoms with van der Waals surface area (Å²) in [7, 11) is 0. The first kappa shape index (κ1) is 16.0. The molecule has 0 aliphatic rings. The smallest absolute Gasteiger partial charge is 0.328 e. The second-order valence-electron chi connectivity index (χ2n) is 4.73. The summed E-state index contributed by atoms with van der Waals surface area (Å²) >= 11 is 0. The number of hydrogen-bond donors (Lipinski definition) is 1. The van der Waals surface area contributed by atoms with Crippen molar-refractivity contribution < 1.29 is 14.3 Å². The Bertz CT molecular complexity index is 466. The molecule has 1 amide bonds. The molecule has 1 aromatic rings. The van der Waals surface area contributed by atoms with Gasteiger partial charge >= 0.3 is 5.97 Å². The predicted molar refractivity (Wildman–Crippen MR) is 78.9 cm³/mol. The van der Waals surface area contributed by atoms with Crippen molar-refractivity contribution in [2.75, 3.05) is 6.61 Å². The van der Waals surface area contributed by atoms with Crippen molar-refractivity contribution in [2.45, 2.75) is 26.8 Å². The fraction of sp³-hybridized carbons (Fsp3) is 0.375. The molecule has 108 valence electrons. The van der Waals surface area contributed by atoms with E-state index in [2.05, 4.69) is 5.32 Å². The summed E-state index contributed by atoms with van der Waals surface area (Å²) in [6, 6.07) is 8.87. The Hall–Kier alpha value is -2.10. The van der Waals surface area contributed by atoms with Crippen LogP contribution in [0.15, 0.2) is 36.4 Å². The Kier molecular flexibility index (Phi) is 6.50. The highest BCUT2D eigenvalue weighted by Gasteiger charge is 2.24. The molecule has 0 aliphatic carbocycles. The first-order valence-electron chi connectivity index (χ1n) is 6.74. The molecule has 4 nitrogen and oxygen atoms in total. The molecule has 1 atom stereocenters. The third kappa shape index (κ3) is 5.26. The molecule has 0 spiro atoms. The number of hydrogen-bond acceptors (Lipinski definition) is 3. The van der Waals surface area contributed by atoms with Gasteiger partial charge in [-0.25, -0.2) is 4.79 Å². The van der Waals surface area contributed by atoms with E-state index in [1.807, 2.05) is 44.2 Å². The molecule has 0 unspecified atom stereocenters. The highest BCUT2D eigenvalue weighted by molar-refractivity contribution is 5.94. The minimum absolute atomic E-state index is 0.0249. The van der Waals surface area contributed by atoms with Crippen LogP contribution < -0.4 is 5.32 Å². The standard InChI is InChI=1S/C16H21NO3/c1-4-20-16(19)15(12(2)3)17-14(18)11-10-13-8-6-5-7-9-13/h5-12,15H,4H2,1-3H3,(H,17,18)/t15-/m0/s1. The highest BCUT2D eigenvalue weighted by Crippen LogP contribution is 2.05. The van der Waals surface area contributed by atoms with E-state index in [-0.39, 0.29) is 11.8 Å². The van der Waals surface area contributed by atoms with Gasteiger partial charge in [-0.1, -0.05) is 44.2 Å². The lowest BCUT2D eigenvalue weighted by Gasteiger charge is -2.19. The van der Waals surface area contributed by atoms with Crippen LogP contribution in [-0.2, 0) is 14.3 Å². The number of amides is 1. The molecule has 0 aromatic heterocycles. The SMILES string of the molecule is CCOC(=O)[C@@H](NC(=O)C=Cc1ccccc1)C(C)C. The van der Waals surface area contributed by atoms with Crippen LogP contribution in [0.1, 0.15) is 26.3 Å². The van der Waals surface area contributed by atoms with E-state index < -0.39 is 12.0 Å². The van der Waals surface area contributed by atoms with Gasteiger partial charge in [0, 0.05) is 6.08 Å². The molecule has 0 saturated heterocycles. The quantitative estimate of drug-likeness (QED) is 0.640. The van der Waals surface area contributed by atoms with Crippen molar-refractivity contribution in [3.05, 3.63) is 42.0 Å². The molecule has 0 heterocycles. The lowest BCUT2D eigenvalue weighted by atomic mass is 10.0. The van der Waals surface area contributed by atoms with E-state index in [1.165, 1.54) is 6.08 Å². The molecule has 0 bridgehead atoms. The third-order valence-electron chi connectivity index (χ3n) is 2.73. The maximum atomic E-state index is 11.8. The lowest BCUT2D eigenvalue weighted by Crippen LogP contribution is -2.44. The van der Waals surface area contributed by atoms with Crippen LogP contribution in [0.5, 0.6) is 0 Å². The number of rotatable bonds is 6. The number of nitrogens with one attached hydrogen (secondary N) is 1. The summed E-state index contributed by atoms with van der Waals surface area (Å²) in [6.45, 7) is 5.77. The Morgan fingerprint density at radius 3 is 2.45 bits per heavy atom. The van der Waals surface area contributed by atoms with Gasteiger partial charge in [0.1, 0.15) is 6.04 Å². The molecule has 1 rings (SSSR count). The van der Waals surface area contributed by atoms with E-state index >= 15 is 0 Å². The molecular formula is C16H21NO3. The zero-order valence-electron chi connectivity index (χ0n) is 12.1. The van der Waals surface area contributed by atoms with Crippen LogP contribution in [0.3, 0.4) is 0 Å². The Morgan fingerprint density at radius 1 is 1.25 bits per heavy atom. The molecular weight excluding hydrogens is 254 g/mol. The minimum atomic E-state index is -0.622. The molecule has 20 heavy (non-hydrogen) atoms. The molecule has 0 radical (unpaired) electrons. The van der Waals surface area contributed by atoms with Gasteiger partial charge in [0.05, 0.1) is 6.61 Å². The average Bonchev–Trinajstić information content (AvgIpc) is 2.43. The molecule has 1 N–H and O–H groups in total. The summed E-state index contributed by atoms with van der Waals surface area (Å²) in [5, 5.41) is 2.67. The third-order valence-corrected chi connectivity index (χ3v) is 2.73. The van der Waals surface area contributed by atoms with Crippen molar-refractivity contribution in [3.8, 4) is 0 Å². The molecule has 1 aromatic carbocycles. The summed E-state index contributed by atoms with van der Waals surface area (Å²) in [5.41, 5.74) is 0.930. The first-order valence-corrected chi connectivity index (χ1v) is 6.74. The van der Waals surface area contributed by atoms with Crippen LogP contribution in [0.2, 0.25) is 0 Å². The van der Waals surface area contributed by atoms with Crippen molar-refractivity contribution in [1.82, 2.24) is 5.32 Å². The van der Waals surface area contributed by atoms with Crippen molar-refractivity contribution in [2.24, 2.45) is 5.92 Å². The Labute approximate surface area is 119 Å². The molecule has 4 heteroatoms. The fourth-order valence-corrected chi connectivity index (χ4v) is 1.67. The van der Waals surface area contributed by atoms with Gasteiger partial charge in [-0.15, -0.1) is 0 Å². The van der Waals surface area contributed by atoms with Crippen molar-refractivity contribution in [3.63, 3.8) is 0 Å². The normalized spacial score (nSPS) is 12.4. The van der Waals surface area contributed by atoms with Crippen LogP contribution in [0.25, 0.3) is 6.08 Å². The number of esters is 1. The largest absolute Gasteiger partial charge is 0.464 e. The highest BCUT2D eigenvalue weighted by atomic mass is 16.5. The molecule has 0 saturated carbocycles. The minimum Gasteiger partial charge on any atom is -0.464 e. The van der Waals surface area contributed by atoms with Gasteiger partial charge in [0.15, 0.2) is 0 Å². The second kappa shape index (κ2) is 8.15. The van der Waals surface area contributed by atoms with E-state index in [0.29, 0.717) is 6.61 Å². The fourth-order valence-electron chi connectivity index (χ4n) is 1.67. The average molecular weight is 275 g/mol. The zero-order valence-corrected chi connectivity index (χ0v) is 12.1. The predicted octanol–water partition coefficient (Wildman–Crippen LogP) is 2.40. The van der Waals surface area contributed by atoms with Gasteiger partial charge in [-0.3, -0.25) is 4.79 Å². The van der Waals surface area contributed by atoms with Gasteiger partial charge in [0.2, 0.25) is 5.91 Å². The topological polar surface area (TPSA) is 55.4 Å². The van der Waals surface area contributed by atoms with Crippen molar-refractivity contribution in [1.29, 1.82) is 0 Å².